The first-order chi connectivity index (χ1) is 8.97. The number of nitrogens with one attached hydrogen (secondary N) is 1. The van der Waals surface area contributed by atoms with Crippen LogP contribution in [0.15, 0.2) is 5.38 Å². The Morgan fingerprint density at radius 1 is 1.32 bits per heavy atom. The Balaban J connectivity index is 1.56. The summed E-state index contributed by atoms with van der Waals surface area (Å²) in [6.07, 6.45) is -2.05. The smallest absolute Gasteiger partial charge is 0.316 e. The zero-order valence-electron chi connectivity index (χ0n) is 10.5. The molecule has 3 rings (SSSR count). The second-order valence-corrected chi connectivity index (χ2v) is 6.45. The third-order valence-electron chi connectivity index (χ3n) is 4.12. The number of halogens is 3. The van der Waals surface area contributed by atoms with Gasteiger partial charge in [0.2, 0.25) is 0 Å². The molecule has 0 aromatic carbocycles. The molecule has 1 aromatic heterocycles. The average Bonchev–Trinajstić information content (AvgIpc) is 2.76. The van der Waals surface area contributed by atoms with E-state index >= 15 is 0 Å². The molecule has 0 saturated carbocycles. The van der Waals surface area contributed by atoms with Crippen LogP contribution in [-0.2, 0) is 12.7 Å². The summed E-state index contributed by atoms with van der Waals surface area (Å²) in [5.41, 5.74) is -0.291. The predicted molar refractivity (Wildman–Crippen MR) is 66.9 cm³/mol. The van der Waals surface area contributed by atoms with Gasteiger partial charge >= 0.3 is 6.18 Å². The van der Waals surface area contributed by atoms with Crippen molar-refractivity contribution in [3.8, 4) is 0 Å². The normalized spacial score (nSPS) is 23.5. The van der Waals surface area contributed by atoms with Crippen molar-refractivity contribution in [1.29, 1.82) is 0 Å². The lowest BCUT2D eigenvalue weighted by molar-refractivity contribution is -0.140. The molecule has 2 fully saturated rings. The van der Waals surface area contributed by atoms with E-state index in [9.17, 15) is 13.2 Å². The van der Waals surface area contributed by atoms with Crippen LogP contribution in [0.2, 0.25) is 0 Å². The maximum atomic E-state index is 12.5. The predicted octanol–water partition coefficient (Wildman–Crippen LogP) is 2.35. The van der Waals surface area contributed by atoms with Crippen molar-refractivity contribution in [2.75, 3.05) is 26.2 Å². The number of hydrogen-bond acceptors (Lipinski definition) is 4. The van der Waals surface area contributed by atoms with E-state index in [1.54, 1.807) is 0 Å². The molecule has 106 valence electrons. The molecular formula is C12H16F3N3S. The van der Waals surface area contributed by atoms with Gasteiger partial charge in [-0.2, -0.15) is 13.2 Å². The summed E-state index contributed by atoms with van der Waals surface area (Å²) in [7, 11) is 0. The highest BCUT2D eigenvalue weighted by Gasteiger charge is 2.39. The molecular weight excluding hydrogens is 275 g/mol. The van der Waals surface area contributed by atoms with Crippen LogP contribution >= 0.6 is 11.3 Å². The summed E-state index contributed by atoms with van der Waals surface area (Å²) < 4.78 is 37.4. The second-order valence-electron chi connectivity index (χ2n) is 5.50. The van der Waals surface area contributed by atoms with E-state index in [0.29, 0.717) is 17.0 Å². The molecule has 1 spiro atoms. The number of likely N-dealkylation sites (tertiary alicyclic amines) is 1. The fourth-order valence-corrected chi connectivity index (χ4v) is 3.56. The van der Waals surface area contributed by atoms with Crippen molar-refractivity contribution in [1.82, 2.24) is 15.2 Å². The number of alkyl halides is 3. The number of nitrogens with zero attached hydrogens (tertiary/aromatic N) is 2. The first-order valence-corrected chi connectivity index (χ1v) is 7.30. The van der Waals surface area contributed by atoms with Crippen molar-refractivity contribution in [3.63, 3.8) is 0 Å². The topological polar surface area (TPSA) is 28.2 Å². The van der Waals surface area contributed by atoms with Gasteiger partial charge < -0.3 is 5.32 Å². The summed E-state index contributed by atoms with van der Waals surface area (Å²) >= 11 is 1.10. The maximum Gasteiger partial charge on any atom is 0.434 e. The first-order valence-electron chi connectivity index (χ1n) is 6.42. The molecule has 0 atom stereocenters. The minimum atomic E-state index is -4.32. The Labute approximate surface area is 113 Å². The van der Waals surface area contributed by atoms with E-state index in [2.05, 4.69) is 15.2 Å². The lowest BCUT2D eigenvalue weighted by atomic mass is 9.73. The van der Waals surface area contributed by atoms with Crippen molar-refractivity contribution >= 4 is 11.3 Å². The fraction of sp³-hybridized carbons (Fsp3) is 0.750. The van der Waals surface area contributed by atoms with Crippen molar-refractivity contribution in [2.45, 2.75) is 25.6 Å². The first kappa shape index (κ1) is 13.3. The van der Waals surface area contributed by atoms with Crippen molar-refractivity contribution < 1.29 is 13.2 Å². The van der Waals surface area contributed by atoms with E-state index < -0.39 is 11.9 Å². The van der Waals surface area contributed by atoms with E-state index in [-0.39, 0.29) is 0 Å². The van der Waals surface area contributed by atoms with Gasteiger partial charge in [0.25, 0.3) is 0 Å². The Morgan fingerprint density at radius 2 is 2.00 bits per heavy atom. The van der Waals surface area contributed by atoms with Gasteiger partial charge in [-0.15, -0.1) is 11.3 Å². The molecule has 3 nitrogen and oxygen atoms in total. The van der Waals surface area contributed by atoms with Gasteiger partial charge in [0.1, 0.15) is 5.01 Å². The van der Waals surface area contributed by atoms with Gasteiger partial charge in [0.05, 0.1) is 6.54 Å². The third kappa shape index (κ3) is 2.78. The molecule has 1 aromatic rings. The summed E-state index contributed by atoms with van der Waals surface area (Å²) in [6, 6.07) is 0. The monoisotopic (exact) mass is 291 g/mol. The highest BCUT2D eigenvalue weighted by atomic mass is 32.1. The zero-order valence-corrected chi connectivity index (χ0v) is 11.3. The van der Waals surface area contributed by atoms with E-state index in [4.69, 9.17) is 0 Å². The van der Waals surface area contributed by atoms with E-state index in [1.807, 2.05) is 0 Å². The van der Waals surface area contributed by atoms with Gasteiger partial charge in [-0.05, 0) is 31.3 Å². The highest BCUT2D eigenvalue weighted by molar-refractivity contribution is 7.09. The summed E-state index contributed by atoms with van der Waals surface area (Å²) in [6.45, 7) is 4.65. The Hall–Kier alpha value is -0.660. The molecule has 7 heteroatoms. The van der Waals surface area contributed by atoms with Crippen LogP contribution < -0.4 is 5.32 Å². The summed E-state index contributed by atoms with van der Waals surface area (Å²) in [4.78, 5) is 5.90. The fourth-order valence-electron chi connectivity index (χ4n) is 2.72. The number of piperidine rings is 1. The molecule has 2 saturated heterocycles. The minimum absolute atomic E-state index is 0.469. The van der Waals surface area contributed by atoms with Gasteiger partial charge in [-0.1, -0.05) is 0 Å². The van der Waals surface area contributed by atoms with Crippen LogP contribution in [0.25, 0.3) is 0 Å². The van der Waals surface area contributed by atoms with Crippen LogP contribution in [0.3, 0.4) is 0 Å². The van der Waals surface area contributed by atoms with Crippen LogP contribution in [0.4, 0.5) is 13.2 Å². The molecule has 2 aliphatic rings. The van der Waals surface area contributed by atoms with Gasteiger partial charge in [-0.25, -0.2) is 4.98 Å². The Kier molecular flexibility index (Phi) is 3.31. The summed E-state index contributed by atoms with van der Waals surface area (Å²) in [5.74, 6) is 0. The van der Waals surface area contributed by atoms with Crippen LogP contribution in [-0.4, -0.2) is 36.1 Å². The minimum Gasteiger partial charge on any atom is -0.316 e. The molecule has 2 aliphatic heterocycles. The largest absolute Gasteiger partial charge is 0.434 e. The standard InChI is InChI=1S/C12H16F3N3S/c13-12(14,15)9-6-19-10(17-9)5-18-3-1-11(2-4-18)7-16-8-11/h6,16H,1-5,7-8H2. The Bertz CT molecular complexity index is 443. The second kappa shape index (κ2) is 4.71. The van der Waals surface area contributed by atoms with E-state index in [0.717, 1.165) is 55.7 Å². The molecule has 0 radical (unpaired) electrons. The zero-order chi connectivity index (χ0) is 13.5. The van der Waals surface area contributed by atoms with Crippen molar-refractivity contribution in [3.05, 3.63) is 16.1 Å². The molecule has 1 N–H and O–H groups in total. The number of hydrogen-bond donors (Lipinski definition) is 1. The molecule has 0 bridgehead atoms. The third-order valence-corrected chi connectivity index (χ3v) is 4.95. The van der Waals surface area contributed by atoms with Crippen molar-refractivity contribution in [2.24, 2.45) is 5.41 Å². The van der Waals surface area contributed by atoms with Crippen LogP contribution in [0, 0.1) is 5.41 Å². The highest BCUT2D eigenvalue weighted by Crippen LogP contribution is 2.36. The summed E-state index contributed by atoms with van der Waals surface area (Å²) in [5, 5.41) is 4.97. The molecule has 0 aliphatic carbocycles. The van der Waals surface area contributed by atoms with Gasteiger partial charge in [0, 0.05) is 18.5 Å². The van der Waals surface area contributed by atoms with Gasteiger partial charge in [-0.3, -0.25) is 4.90 Å². The lowest BCUT2D eigenvalue weighted by Gasteiger charge is -2.48. The Morgan fingerprint density at radius 3 is 2.47 bits per heavy atom. The SMILES string of the molecule is FC(F)(F)c1csc(CN2CCC3(CC2)CNC3)n1. The average molecular weight is 291 g/mol. The molecule has 19 heavy (non-hydrogen) atoms. The lowest BCUT2D eigenvalue weighted by Crippen LogP contribution is -2.58. The molecule has 3 heterocycles. The van der Waals surface area contributed by atoms with E-state index in [1.165, 1.54) is 0 Å². The van der Waals surface area contributed by atoms with Crippen LogP contribution in [0.5, 0.6) is 0 Å². The molecule has 0 amide bonds. The maximum absolute atomic E-state index is 12.5. The van der Waals surface area contributed by atoms with Gasteiger partial charge in [0.15, 0.2) is 5.69 Å². The number of thiazole rings is 1. The van der Waals surface area contributed by atoms with Crippen LogP contribution in [0.1, 0.15) is 23.5 Å². The quantitative estimate of drug-likeness (QED) is 0.906. The number of rotatable bonds is 2. The number of aromatic nitrogens is 1. The molecule has 0 unspecified atom stereocenters.